The number of nitrogens with two attached hydrogens (primary N) is 1. The highest BCUT2D eigenvalue weighted by molar-refractivity contribution is 6.05. The number of H-pyrrole nitrogens is 1. The molecule has 1 unspecified atom stereocenters. The van der Waals surface area contributed by atoms with Crippen molar-refractivity contribution in [2.24, 2.45) is 33.9 Å². The maximum absolute atomic E-state index is 12.8. The molecule has 1 aromatic heterocycles. The van der Waals surface area contributed by atoms with Crippen LogP contribution in [0.25, 0.3) is 5.69 Å². The molecule has 0 spiro atoms. The quantitative estimate of drug-likeness (QED) is 0.136. The lowest BCUT2D eigenvalue weighted by Crippen LogP contribution is -2.36. The van der Waals surface area contributed by atoms with Gasteiger partial charge >= 0.3 is 5.97 Å². The molecule has 7 rings (SSSR count). The number of esters is 1. The smallest absolute Gasteiger partial charge is 0.316 e. The summed E-state index contributed by atoms with van der Waals surface area (Å²) in [5.41, 5.74) is 6.64. The van der Waals surface area contributed by atoms with Gasteiger partial charge in [0.2, 0.25) is 0 Å². The topological polar surface area (TPSA) is 119 Å². The van der Waals surface area contributed by atoms with Gasteiger partial charge in [-0.15, -0.1) is 0 Å². The summed E-state index contributed by atoms with van der Waals surface area (Å²) < 4.78 is 6.75. The van der Waals surface area contributed by atoms with Crippen molar-refractivity contribution in [3.63, 3.8) is 0 Å². The Balaban J connectivity index is 0.000000143. The maximum Gasteiger partial charge on any atom is 0.316 e. The molecule has 2 aromatic carbocycles. The SMILES string of the molecule is CC1(C)[C@H]2CC[C@]1(C)c1[nH]n(-c3ccccc3)c(=O)c12.CCOC(=O)C1C(=O)[C@@]2(C)CC[C@@H]1C2(C)C.NNc1ccccc1. The van der Waals surface area contributed by atoms with Crippen molar-refractivity contribution in [1.82, 2.24) is 9.78 Å². The van der Waals surface area contributed by atoms with E-state index in [0.29, 0.717) is 12.5 Å². The predicted molar refractivity (Wildman–Crippen MR) is 173 cm³/mol. The molecule has 3 aromatic rings. The Morgan fingerprint density at radius 3 is 2.00 bits per heavy atom. The van der Waals surface area contributed by atoms with Crippen LogP contribution < -0.4 is 16.8 Å². The van der Waals surface area contributed by atoms with Crippen LogP contribution in [0.1, 0.15) is 91.3 Å². The molecule has 1 heterocycles. The number of aromatic nitrogens is 2. The van der Waals surface area contributed by atoms with Crippen LogP contribution in [0.4, 0.5) is 5.69 Å². The Morgan fingerprint density at radius 1 is 0.909 bits per heavy atom. The fraction of sp³-hybridized carbons (Fsp3) is 0.528. The van der Waals surface area contributed by atoms with Gasteiger partial charge in [-0.1, -0.05) is 77.9 Å². The molecule has 8 heteroatoms. The zero-order valence-corrected chi connectivity index (χ0v) is 27.2. The minimum Gasteiger partial charge on any atom is -0.465 e. The average molecular weight is 601 g/mol. The van der Waals surface area contributed by atoms with E-state index in [1.807, 2.05) is 67.6 Å². The van der Waals surface area contributed by atoms with Crippen LogP contribution in [0, 0.1) is 28.1 Å². The number of ketones is 1. The highest BCUT2D eigenvalue weighted by Crippen LogP contribution is 2.67. The van der Waals surface area contributed by atoms with Crippen LogP contribution >= 0.6 is 0 Å². The number of aromatic amines is 1. The van der Waals surface area contributed by atoms with Crippen LogP contribution in [-0.2, 0) is 19.7 Å². The van der Waals surface area contributed by atoms with E-state index in [-0.39, 0.29) is 44.9 Å². The molecule has 3 saturated carbocycles. The molecule has 3 fully saturated rings. The largest absolute Gasteiger partial charge is 0.465 e. The van der Waals surface area contributed by atoms with Gasteiger partial charge in [0.15, 0.2) is 5.78 Å². The number of fused-ring (bicyclic) bond motifs is 7. The van der Waals surface area contributed by atoms with E-state index in [0.717, 1.165) is 36.2 Å². The van der Waals surface area contributed by atoms with Gasteiger partial charge in [-0.25, -0.2) is 4.68 Å². The second-order valence-electron chi connectivity index (χ2n) is 14.3. The van der Waals surface area contributed by atoms with Gasteiger partial charge < -0.3 is 10.2 Å². The first-order valence-electron chi connectivity index (χ1n) is 15.9. The van der Waals surface area contributed by atoms with Gasteiger partial charge in [-0.3, -0.25) is 25.3 Å². The number of para-hydroxylation sites is 2. The van der Waals surface area contributed by atoms with Crippen LogP contribution in [0.2, 0.25) is 0 Å². The van der Waals surface area contributed by atoms with Gasteiger partial charge in [0.1, 0.15) is 5.92 Å². The summed E-state index contributed by atoms with van der Waals surface area (Å²) in [5.74, 6) is 4.96. The third-order valence-electron chi connectivity index (χ3n) is 12.1. The van der Waals surface area contributed by atoms with Crippen LogP contribution in [0.15, 0.2) is 65.5 Å². The molecule has 0 amide bonds. The lowest BCUT2D eigenvalue weighted by Gasteiger charge is -2.34. The van der Waals surface area contributed by atoms with E-state index in [1.165, 1.54) is 12.1 Å². The van der Waals surface area contributed by atoms with Crippen LogP contribution in [0.5, 0.6) is 0 Å². The normalized spacial score (nSPS) is 29.6. The van der Waals surface area contributed by atoms with E-state index >= 15 is 0 Å². The fourth-order valence-electron chi connectivity index (χ4n) is 8.53. The molecule has 0 saturated heterocycles. The number of nitrogens with zero attached hydrogens (tertiary/aromatic N) is 1. The molecular weight excluding hydrogens is 552 g/mol. The number of ether oxygens (including phenoxy) is 1. The van der Waals surface area contributed by atoms with Crippen molar-refractivity contribution < 1.29 is 14.3 Å². The highest BCUT2D eigenvalue weighted by Gasteiger charge is 2.68. The van der Waals surface area contributed by atoms with Crippen LogP contribution in [-0.4, -0.2) is 28.1 Å². The molecule has 4 N–H and O–H groups in total. The molecule has 44 heavy (non-hydrogen) atoms. The van der Waals surface area contributed by atoms with Crippen molar-refractivity contribution in [2.45, 2.75) is 85.5 Å². The third-order valence-corrected chi connectivity index (χ3v) is 12.1. The number of nitrogen functional groups attached to an aromatic ring is 1. The molecule has 4 aliphatic rings. The molecule has 5 atom stereocenters. The molecule has 4 aliphatic carbocycles. The lowest BCUT2D eigenvalue weighted by molar-refractivity contribution is -0.154. The Morgan fingerprint density at radius 2 is 1.50 bits per heavy atom. The predicted octanol–water partition coefficient (Wildman–Crippen LogP) is 6.50. The third kappa shape index (κ3) is 4.64. The monoisotopic (exact) mass is 600 g/mol. The summed E-state index contributed by atoms with van der Waals surface area (Å²) in [4.78, 5) is 37.0. The van der Waals surface area contributed by atoms with E-state index < -0.39 is 5.92 Å². The zero-order chi connectivity index (χ0) is 32.1. The molecule has 236 valence electrons. The second-order valence-corrected chi connectivity index (χ2v) is 14.3. The van der Waals surface area contributed by atoms with Crippen molar-refractivity contribution in [3.05, 3.63) is 82.3 Å². The Hall–Kier alpha value is -3.65. The van der Waals surface area contributed by atoms with Gasteiger partial charge in [0.05, 0.1) is 12.3 Å². The summed E-state index contributed by atoms with van der Waals surface area (Å²) in [6.07, 6.45) is 4.20. The van der Waals surface area contributed by atoms with E-state index in [4.69, 9.17) is 10.6 Å². The number of carbonyl (C=O) groups excluding carboxylic acids is 2. The van der Waals surface area contributed by atoms with Crippen molar-refractivity contribution >= 4 is 17.4 Å². The number of hydrazine groups is 1. The molecule has 8 nitrogen and oxygen atoms in total. The second kappa shape index (κ2) is 11.4. The minimum atomic E-state index is -0.506. The molecular formula is C36H48N4O4. The Bertz CT molecular complexity index is 1570. The standard InChI is InChI=1S/C17H20N2O.C13H20O3.C6H8N2/c1-16(2)12-9-10-17(16,3)14-13(12)15(20)19(18-14)11-7-5-4-6-8-11;1-5-16-11(15)9-8-6-7-13(4,10(9)14)12(8,2)3;7-8-6-4-2-1-3-5-6/h4-8,12,18H,9-10H2,1-3H3;8-9H,5-7H2,1-4H3;1-5,8H,7H2/t12-,17+;8-,9?,13+;/m00./s1. The van der Waals surface area contributed by atoms with Crippen molar-refractivity contribution in [1.29, 1.82) is 0 Å². The van der Waals surface area contributed by atoms with Crippen molar-refractivity contribution in [2.75, 3.05) is 12.0 Å². The van der Waals surface area contributed by atoms with Gasteiger partial charge in [0.25, 0.3) is 5.56 Å². The number of benzene rings is 2. The molecule has 0 radical (unpaired) electrons. The first-order valence-corrected chi connectivity index (χ1v) is 15.9. The molecule has 0 aliphatic heterocycles. The summed E-state index contributed by atoms with van der Waals surface area (Å²) in [5, 5.41) is 3.41. The zero-order valence-electron chi connectivity index (χ0n) is 27.2. The van der Waals surface area contributed by atoms with Gasteiger partial charge in [-0.2, -0.15) is 0 Å². The summed E-state index contributed by atoms with van der Waals surface area (Å²) >= 11 is 0. The van der Waals surface area contributed by atoms with E-state index in [2.05, 4.69) is 45.1 Å². The lowest BCUT2D eigenvalue weighted by atomic mass is 9.70. The van der Waals surface area contributed by atoms with E-state index in [9.17, 15) is 14.4 Å². The Kier molecular flexibility index (Phi) is 8.21. The first kappa shape index (κ1) is 31.8. The highest BCUT2D eigenvalue weighted by atomic mass is 16.5. The average Bonchev–Trinajstić information content (AvgIpc) is 3.65. The van der Waals surface area contributed by atoms with Crippen LogP contribution in [0.3, 0.4) is 0 Å². The number of hydrogen-bond acceptors (Lipinski definition) is 6. The summed E-state index contributed by atoms with van der Waals surface area (Å²) in [6.45, 7) is 15.3. The first-order chi connectivity index (χ1) is 20.8. The number of rotatable bonds is 4. The number of anilines is 1. The number of hydrogen-bond donors (Lipinski definition) is 3. The fourth-order valence-corrected chi connectivity index (χ4v) is 8.53. The minimum absolute atomic E-state index is 0.0679. The van der Waals surface area contributed by atoms with Gasteiger partial charge in [0, 0.05) is 27.8 Å². The van der Waals surface area contributed by atoms with Crippen molar-refractivity contribution in [3.8, 4) is 5.69 Å². The summed E-state index contributed by atoms with van der Waals surface area (Å²) in [6, 6.07) is 19.5. The number of carbonyl (C=O) groups is 2. The van der Waals surface area contributed by atoms with E-state index in [1.54, 1.807) is 11.6 Å². The summed E-state index contributed by atoms with van der Waals surface area (Å²) in [7, 11) is 0. The Labute approximate surface area is 260 Å². The number of nitrogens with one attached hydrogen (secondary N) is 2. The maximum atomic E-state index is 12.8. The molecule has 4 bridgehead atoms. The van der Waals surface area contributed by atoms with Gasteiger partial charge in [-0.05, 0) is 79.5 Å². The number of Topliss-reactive ketones (excluding diaryl/α,β-unsaturated/α-hetero) is 1.